The van der Waals surface area contributed by atoms with E-state index in [0.717, 1.165) is 60.4 Å². The number of aromatic nitrogens is 5. The number of nitrogens with zero attached hydrogens (tertiary/aromatic N) is 5. The van der Waals surface area contributed by atoms with Crippen LogP contribution in [0.5, 0.6) is 0 Å². The van der Waals surface area contributed by atoms with Crippen molar-refractivity contribution in [2.24, 2.45) is 0 Å². The van der Waals surface area contributed by atoms with Crippen molar-refractivity contribution in [1.82, 2.24) is 24.1 Å². The van der Waals surface area contributed by atoms with Crippen LogP contribution in [-0.4, -0.2) is 24.1 Å². The molecule has 0 saturated heterocycles. The highest BCUT2D eigenvalue weighted by Gasteiger charge is 2.21. The average Bonchev–Trinajstić information content (AvgIpc) is 3.96. The van der Waals surface area contributed by atoms with Crippen LogP contribution in [0, 0.1) is 0 Å². The third-order valence-electron chi connectivity index (χ3n) is 12.0. The van der Waals surface area contributed by atoms with E-state index in [1.54, 1.807) is 0 Å². The van der Waals surface area contributed by atoms with Crippen LogP contribution >= 0.6 is 11.3 Å². The molecule has 0 bridgehead atoms. The molecule has 0 N–H and O–H groups in total. The van der Waals surface area contributed by atoms with Gasteiger partial charge in [0.15, 0.2) is 11.6 Å². The highest BCUT2D eigenvalue weighted by atomic mass is 32.1. The Morgan fingerprint density at radius 1 is 0.339 bits per heavy atom. The SMILES string of the molecule is c1ccc2c(c1)cc(-c1nc(-c3ccc4c5ccccc5n(-c5ccc6sc7ccccc7c6c5)c4c3)nc(-n3c4ccccc4c4ccccc43)n1)c1ccccc12. The largest absolute Gasteiger partial charge is 0.309 e. The van der Waals surface area contributed by atoms with Gasteiger partial charge < -0.3 is 4.57 Å². The van der Waals surface area contributed by atoms with Gasteiger partial charge >= 0.3 is 0 Å². The summed E-state index contributed by atoms with van der Waals surface area (Å²) in [7, 11) is 0. The van der Waals surface area contributed by atoms with Gasteiger partial charge in [0.05, 0.1) is 22.1 Å². The third-order valence-corrected chi connectivity index (χ3v) is 13.1. The first-order valence-corrected chi connectivity index (χ1v) is 20.7. The molecule has 0 saturated carbocycles. The maximum absolute atomic E-state index is 5.39. The maximum Gasteiger partial charge on any atom is 0.238 e. The van der Waals surface area contributed by atoms with E-state index in [1.807, 2.05) is 11.3 Å². The van der Waals surface area contributed by atoms with Gasteiger partial charge in [0.25, 0.3) is 0 Å². The minimum absolute atomic E-state index is 0.579. The van der Waals surface area contributed by atoms with Crippen LogP contribution in [-0.2, 0) is 0 Å². The minimum Gasteiger partial charge on any atom is -0.309 e. The molecule has 13 aromatic rings. The molecule has 59 heavy (non-hydrogen) atoms. The van der Waals surface area contributed by atoms with E-state index in [9.17, 15) is 0 Å². The number of fused-ring (bicyclic) bond motifs is 12. The molecule has 0 fully saturated rings. The summed E-state index contributed by atoms with van der Waals surface area (Å²) >= 11 is 1.84. The summed E-state index contributed by atoms with van der Waals surface area (Å²) in [5, 5.41) is 11.9. The first-order chi connectivity index (χ1) is 29.2. The van der Waals surface area contributed by atoms with E-state index >= 15 is 0 Å². The predicted octanol–water partition coefficient (Wildman–Crippen LogP) is 14.1. The summed E-state index contributed by atoms with van der Waals surface area (Å²) in [6.07, 6.45) is 0. The molecule has 0 radical (unpaired) electrons. The Morgan fingerprint density at radius 2 is 0.898 bits per heavy atom. The fraction of sp³-hybridized carbons (Fsp3) is 0. The first kappa shape index (κ1) is 32.4. The van der Waals surface area contributed by atoms with Crippen molar-refractivity contribution in [2.45, 2.75) is 0 Å². The molecule has 274 valence electrons. The molecular formula is C53H31N5S. The van der Waals surface area contributed by atoms with Crippen LogP contribution in [0.3, 0.4) is 0 Å². The Balaban J connectivity index is 1.10. The molecular weight excluding hydrogens is 739 g/mol. The van der Waals surface area contributed by atoms with Gasteiger partial charge in [-0.05, 0) is 76.1 Å². The zero-order valence-electron chi connectivity index (χ0n) is 31.5. The van der Waals surface area contributed by atoms with E-state index in [0.29, 0.717) is 17.6 Å². The third kappa shape index (κ3) is 4.81. The second-order valence-corrected chi connectivity index (χ2v) is 16.3. The van der Waals surface area contributed by atoms with Gasteiger partial charge in [-0.2, -0.15) is 9.97 Å². The quantitative estimate of drug-likeness (QED) is 0.168. The van der Waals surface area contributed by atoms with Gasteiger partial charge in [-0.3, -0.25) is 4.57 Å². The fourth-order valence-corrected chi connectivity index (χ4v) is 10.4. The van der Waals surface area contributed by atoms with Gasteiger partial charge in [-0.1, -0.05) is 133 Å². The standard InChI is InChI=1S/C53H31N5S/c1-2-14-35-32(13-1)29-44(37-16-4-3-15-36(35)37)52-54-51(55-53(56-52)58-46-22-10-6-17-38(46)39-18-7-11-23-47(39)58)33-25-27-41-40-19-5-9-21-45(40)57(48(41)30-33)34-26-28-50-43(31-34)42-20-8-12-24-49(42)59-50/h1-31H. The molecule has 0 amide bonds. The summed E-state index contributed by atoms with van der Waals surface area (Å²) in [4.78, 5) is 16.1. The van der Waals surface area contributed by atoms with E-state index in [2.05, 4.69) is 197 Å². The smallest absolute Gasteiger partial charge is 0.238 e. The van der Waals surface area contributed by atoms with E-state index < -0.39 is 0 Å². The van der Waals surface area contributed by atoms with E-state index in [1.165, 1.54) is 41.7 Å². The van der Waals surface area contributed by atoms with Crippen LogP contribution in [0.4, 0.5) is 0 Å². The number of thiophene rings is 1. The molecule has 9 aromatic carbocycles. The van der Waals surface area contributed by atoms with E-state index in [4.69, 9.17) is 15.0 Å². The topological polar surface area (TPSA) is 48.5 Å². The molecule has 13 rings (SSSR count). The van der Waals surface area contributed by atoms with Crippen molar-refractivity contribution in [3.8, 4) is 34.4 Å². The van der Waals surface area contributed by atoms with Crippen LogP contribution in [0.25, 0.3) is 120 Å². The van der Waals surface area contributed by atoms with Crippen molar-refractivity contribution in [2.75, 3.05) is 0 Å². The zero-order valence-corrected chi connectivity index (χ0v) is 32.4. The lowest BCUT2D eigenvalue weighted by atomic mass is 9.97. The number of para-hydroxylation sites is 3. The second kappa shape index (κ2) is 12.4. The van der Waals surface area contributed by atoms with Crippen LogP contribution in [0.1, 0.15) is 0 Å². The minimum atomic E-state index is 0.579. The van der Waals surface area contributed by atoms with Gasteiger partial charge in [0.2, 0.25) is 5.95 Å². The zero-order chi connectivity index (χ0) is 38.6. The highest BCUT2D eigenvalue weighted by molar-refractivity contribution is 7.25. The Hall–Kier alpha value is -7.67. The Kier molecular flexibility index (Phi) is 6.82. The summed E-state index contributed by atoms with van der Waals surface area (Å²) in [5.41, 5.74) is 7.35. The highest BCUT2D eigenvalue weighted by Crippen LogP contribution is 2.40. The van der Waals surface area contributed by atoms with Crippen molar-refractivity contribution in [3.05, 3.63) is 188 Å². The van der Waals surface area contributed by atoms with Gasteiger partial charge in [-0.25, -0.2) is 4.98 Å². The predicted molar refractivity (Wildman–Crippen MR) is 247 cm³/mol. The van der Waals surface area contributed by atoms with Gasteiger partial charge in [0, 0.05) is 58.5 Å². The molecule has 6 heteroatoms. The van der Waals surface area contributed by atoms with Crippen LogP contribution in [0.2, 0.25) is 0 Å². The number of benzene rings is 9. The Labute approximate surface area is 341 Å². The normalized spacial score (nSPS) is 12.1. The molecule has 5 nitrogen and oxygen atoms in total. The monoisotopic (exact) mass is 769 g/mol. The Bertz CT molecular complexity index is 3820. The van der Waals surface area contributed by atoms with E-state index in [-0.39, 0.29) is 0 Å². The van der Waals surface area contributed by atoms with Crippen LogP contribution < -0.4 is 0 Å². The lowest BCUT2D eigenvalue weighted by Gasteiger charge is -2.14. The molecule has 0 aliphatic carbocycles. The second-order valence-electron chi connectivity index (χ2n) is 15.2. The fourth-order valence-electron chi connectivity index (χ4n) is 9.33. The maximum atomic E-state index is 5.39. The van der Waals surface area contributed by atoms with Gasteiger partial charge in [0.1, 0.15) is 0 Å². The number of hydrogen-bond donors (Lipinski definition) is 0. The van der Waals surface area contributed by atoms with Crippen molar-refractivity contribution < 1.29 is 0 Å². The lowest BCUT2D eigenvalue weighted by molar-refractivity contribution is 0.954. The summed E-state index contributed by atoms with van der Waals surface area (Å²) in [6, 6.07) is 67.3. The molecule has 4 aromatic heterocycles. The average molecular weight is 770 g/mol. The Morgan fingerprint density at radius 3 is 1.64 bits per heavy atom. The molecule has 0 aliphatic rings. The molecule has 4 heterocycles. The molecule has 0 atom stereocenters. The van der Waals surface area contributed by atoms with Gasteiger partial charge in [-0.15, -0.1) is 11.3 Å². The van der Waals surface area contributed by atoms with Crippen molar-refractivity contribution in [3.63, 3.8) is 0 Å². The van der Waals surface area contributed by atoms with Crippen molar-refractivity contribution in [1.29, 1.82) is 0 Å². The first-order valence-electron chi connectivity index (χ1n) is 19.9. The lowest BCUT2D eigenvalue weighted by Crippen LogP contribution is -2.06. The molecule has 0 unspecified atom stereocenters. The van der Waals surface area contributed by atoms with Crippen LogP contribution in [0.15, 0.2) is 188 Å². The summed E-state index contributed by atoms with van der Waals surface area (Å²) in [5.74, 6) is 1.82. The number of rotatable bonds is 4. The summed E-state index contributed by atoms with van der Waals surface area (Å²) in [6.45, 7) is 0. The number of hydrogen-bond acceptors (Lipinski definition) is 4. The molecule has 0 aliphatic heterocycles. The molecule has 0 spiro atoms. The summed E-state index contributed by atoms with van der Waals surface area (Å²) < 4.78 is 7.17. The van der Waals surface area contributed by atoms with Crippen molar-refractivity contribution >= 4 is 96.7 Å².